The third-order valence-corrected chi connectivity index (χ3v) is 4.02. The molecule has 21 heavy (non-hydrogen) atoms. The lowest BCUT2D eigenvalue weighted by molar-refractivity contribution is 0.0743. The van der Waals surface area contributed by atoms with Crippen molar-refractivity contribution in [1.29, 1.82) is 0 Å². The van der Waals surface area contributed by atoms with Gasteiger partial charge in [-0.2, -0.15) is 0 Å². The summed E-state index contributed by atoms with van der Waals surface area (Å²) in [6, 6.07) is 1.88. The minimum atomic E-state index is -0.0656. The highest BCUT2D eigenvalue weighted by Gasteiger charge is 2.24. The van der Waals surface area contributed by atoms with Crippen molar-refractivity contribution in [1.82, 2.24) is 15.0 Å². The number of aliphatic hydroxyl groups excluding tert-OH is 1. The number of rotatable bonds is 4. The van der Waals surface area contributed by atoms with Gasteiger partial charge in [-0.05, 0) is 13.3 Å². The van der Waals surface area contributed by atoms with Crippen molar-refractivity contribution >= 4 is 5.91 Å². The standard InChI is InChI=1S/C15H25N3O3/c1-11(2)14-9-13(16-21-14)15(20)18-6-4-5-17(7-8-18)12(3)10-19/h9,11-12,19H,4-8,10H2,1-3H3/t12-/m0/s1. The fraction of sp³-hybridized carbons (Fsp3) is 0.733. The Morgan fingerprint density at radius 2 is 2.10 bits per heavy atom. The van der Waals surface area contributed by atoms with E-state index in [2.05, 4.69) is 10.1 Å². The van der Waals surface area contributed by atoms with Crippen molar-refractivity contribution < 1.29 is 14.4 Å². The highest BCUT2D eigenvalue weighted by atomic mass is 16.5. The number of carbonyl (C=O) groups is 1. The van der Waals surface area contributed by atoms with Crippen LogP contribution in [0, 0.1) is 0 Å². The zero-order valence-corrected chi connectivity index (χ0v) is 13.1. The van der Waals surface area contributed by atoms with Gasteiger partial charge in [0.2, 0.25) is 0 Å². The molecule has 6 nitrogen and oxygen atoms in total. The van der Waals surface area contributed by atoms with E-state index in [4.69, 9.17) is 4.52 Å². The zero-order valence-electron chi connectivity index (χ0n) is 13.1. The SMILES string of the molecule is CC(C)c1cc(C(=O)N2CCCN([C@@H](C)CO)CC2)no1. The van der Waals surface area contributed by atoms with Crippen molar-refractivity contribution in [3.8, 4) is 0 Å². The molecule has 1 saturated heterocycles. The minimum Gasteiger partial charge on any atom is -0.395 e. The van der Waals surface area contributed by atoms with Crippen LogP contribution < -0.4 is 0 Å². The molecule has 1 fully saturated rings. The van der Waals surface area contributed by atoms with Crippen LogP contribution in [0.4, 0.5) is 0 Å². The van der Waals surface area contributed by atoms with Crippen LogP contribution in [0.3, 0.4) is 0 Å². The van der Waals surface area contributed by atoms with Gasteiger partial charge in [-0.15, -0.1) is 0 Å². The number of hydrogen-bond donors (Lipinski definition) is 1. The van der Waals surface area contributed by atoms with E-state index in [9.17, 15) is 9.90 Å². The highest BCUT2D eigenvalue weighted by Crippen LogP contribution is 2.17. The molecule has 1 amide bonds. The first-order chi connectivity index (χ1) is 10.0. The van der Waals surface area contributed by atoms with Crippen molar-refractivity contribution in [3.05, 3.63) is 17.5 Å². The molecule has 118 valence electrons. The quantitative estimate of drug-likeness (QED) is 0.907. The summed E-state index contributed by atoms with van der Waals surface area (Å²) in [5, 5.41) is 13.1. The van der Waals surface area contributed by atoms with E-state index in [-0.39, 0.29) is 24.5 Å². The van der Waals surface area contributed by atoms with E-state index in [1.807, 2.05) is 25.7 Å². The molecule has 0 spiro atoms. The van der Waals surface area contributed by atoms with Crippen LogP contribution in [0.5, 0.6) is 0 Å². The third kappa shape index (κ3) is 3.83. The smallest absolute Gasteiger partial charge is 0.276 e. The molecule has 1 aromatic rings. The monoisotopic (exact) mass is 295 g/mol. The number of carbonyl (C=O) groups excluding carboxylic acids is 1. The summed E-state index contributed by atoms with van der Waals surface area (Å²) in [4.78, 5) is 16.5. The Bertz CT molecular complexity index is 472. The van der Waals surface area contributed by atoms with E-state index in [0.717, 1.165) is 31.8 Å². The first-order valence-corrected chi connectivity index (χ1v) is 7.63. The molecule has 1 aliphatic heterocycles. The fourth-order valence-electron chi connectivity index (χ4n) is 2.52. The van der Waals surface area contributed by atoms with Gasteiger partial charge in [0.05, 0.1) is 6.61 Å². The van der Waals surface area contributed by atoms with Gasteiger partial charge in [-0.1, -0.05) is 19.0 Å². The van der Waals surface area contributed by atoms with E-state index < -0.39 is 0 Å². The summed E-state index contributed by atoms with van der Waals surface area (Å²) in [5.41, 5.74) is 0.391. The largest absolute Gasteiger partial charge is 0.395 e. The molecule has 2 heterocycles. The molecule has 1 N–H and O–H groups in total. The van der Waals surface area contributed by atoms with Crippen LogP contribution in [-0.4, -0.2) is 64.8 Å². The van der Waals surface area contributed by atoms with E-state index in [1.54, 1.807) is 6.07 Å². The zero-order chi connectivity index (χ0) is 15.4. The summed E-state index contributed by atoms with van der Waals surface area (Å²) in [7, 11) is 0. The Morgan fingerprint density at radius 1 is 1.33 bits per heavy atom. The van der Waals surface area contributed by atoms with Crippen molar-refractivity contribution in [2.24, 2.45) is 0 Å². The molecule has 0 aliphatic carbocycles. The predicted octanol–water partition coefficient (Wildman–Crippen LogP) is 1.33. The minimum absolute atomic E-state index is 0.0656. The average Bonchev–Trinajstić information content (AvgIpc) is 2.84. The Morgan fingerprint density at radius 3 is 2.71 bits per heavy atom. The van der Waals surface area contributed by atoms with Crippen LogP contribution in [0.15, 0.2) is 10.6 Å². The van der Waals surface area contributed by atoms with Crippen LogP contribution in [0.2, 0.25) is 0 Å². The summed E-state index contributed by atoms with van der Waals surface area (Å²) < 4.78 is 5.21. The van der Waals surface area contributed by atoms with Crippen molar-refractivity contribution in [2.75, 3.05) is 32.8 Å². The lowest BCUT2D eigenvalue weighted by Crippen LogP contribution is -2.39. The molecule has 1 aliphatic rings. The molecule has 0 bridgehead atoms. The summed E-state index contributed by atoms with van der Waals surface area (Å²) in [6.07, 6.45) is 0.908. The maximum absolute atomic E-state index is 12.5. The Hall–Kier alpha value is -1.40. The maximum Gasteiger partial charge on any atom is 0.276 e. The van der Waals surface area contributed by atoms with Gasteiger partial charge in [0.1, 0.15) is 5.76 Å². The fourth-order valence-corrected chi connectivity index (χ4v) is 2.52. The van der Waals surface area contributed by atoms with Gasteiger partial charge in [0.25, 0.3) is 5.91 Å². The molecular weight excluding hydrogens is 270 g/mol. The summed E-state index contributed by atoms with van der Waals surface area (Å²) in [6.45, 7) is 9.23. The number of nitrogens with zero attached hydrogens (tertiary/aromatic N) is 3. The molecular formula is C15H25N3O3. The third-order valence-electron chi connectivity index (χ3n) is 4.02. The first kappa shape index (κ1) is 16.0. The molecule has 1 aromatic heterocycles. The number of aromatic nitrogens is 1. The van der Waals surface area contributed by atoms with Gasteiger partial charge in [0, 0.05) is 44.2 Å². The lowest BCUT2D eigenvalue weighted by atomic mass is 10.1. The summed E-state index contributed by atoms with van der Waals surface area (Å²) >= 11 is 0. The Balaban J connectivity index is 1.99. The van der Waals surface area contributed by atoms with Crippen molar-refractivity contribution in [3.63, 3.8) is 0 Å². The Kier molecular flexibility index (Phi) is 5.36. The molecule has 1 atom stereocenters. The second-order valence-electron chi connectivity index (χ2n) is 5.98. The average molecular weight is 295 g/mol. The topological polar surface area (TPSA) is 69.8 Å². The molecule has 0 unspecified atom stereocenters. The van der Waals surface area contributed by atoms with Gasteiger partial charge < -0.3 is 14.5 Å². The number of aliphatic hydroxyl groups is 1. The lowest BCUT2D eigenvalue weighted by Gasteiger charge is -2.26. The van der Waals surface area contributed by atoms with Gasteiger partial charge in [-0.3, -0.25) is 9.69 Å². The molecule has 0 radical (unpaired) electrons. The second-order valence-corrected chi connectivity index (χ2v) is 5.98. The van der Waals surface area contributed by atoms with Crippen molar-refractivity contribution in [2.45, 2.75) is 39.2 Å². The molecule has 6 heteroatoms. The first-order valence-electron chi connectivity index (χ1n) is 7.63. The normalized spacial score (nSPS) is 18.8. The van der Waals surface area contributed by atoms with E-state index >= 15 is 0 Å². The number of amides is 1. The van der Waals surface area contributed by atoms with Crippen LogP contribution in [-0.2, 0) is 0 Å². The van der Waals surface area contributed by atoms with Gasteiger partial charge in [-0.25, -0.2) is 0 Å². The van der Waals surface area contributed by atoms with Crippen LogP contribution in [0.1, 0.15) is 49.4 Å². The Labute approximate surface area is 125 Å². The highest BCUT2D eigenvalue weighted by molar-refractivity contribution is 5.92. The van der Waals surface area contributed by atoms with Gasteiger partial charge in [0.15, 0.2) is 5.69 Å². The van der Waals surface area contributed by atoms with E-state index in [0.29, 0.717) is 12.2 Å². The van der Waals surface area contributed by atoms with E-state index in [1.165, 1.54) is 0 Å². The van der Waals surface area contributed by atoms with Crippen LogP contribution >= 0.6 is 0 Å². The second kappa shape index (κ2) is 7.04. The summed E-state index contributed by atoms with van der Waals surface area (Å²) in [5.74, 6) is 0.900. The maximum atomic E-state index is 12.5. The molecule has 0 saturated carbocycles. The number of hydrogen-bond acceptors (Lipinski definition) is 5. The van der Waals surface area contributed by atoms with Crippen LogP contribution in [0.25, 0.3) is 0 Å². The molecule has 2 rings (SSSR count). The predicted molar refractivity (Wildman–Crippen MR) is 79.2 cm³/mol. The molecule has 0 aromatic carbocycles. The van der Waals surface area contributed by atoms with Gasteiger partial charge >= 0.3 is 0 Å².